The van der Waals surface area contributed by atoms with Crippen LogP contribution in [-0.4, -0.2) is 27.1 Å². The van der Waals surface area contributed by atoms with Crippen molar-refractivity contribution >= 4 is 40.2 Å². The number of benzene rings is 3. The fourth-order valence-corrected chi connectivity index (χ4v) is 5.99. The van der Waals surface area contributed by atoms with E-state index in [1.807, 2.05) is 79.7 Å². The fourth-order valence-electron chi connectivity index (χ4n) is 5.18. The van der Waals surface area contributed by atoms with Crippen LogP contribution in [0.5, 0.6) is 0 Å². The minimum Gasteiger partial charge on any atom is -0.352 e. The molecule has 7 nitrogen and oxygen atoms in total. The van der Waals surface area contributed by atoms with E-state index in [9.17, 15) is 14.4 Å². The van der Waals surface area contributed by atoms with E-state index in [-0.39, 0.29) is 35.0 Å². The van der Waals surface area contributed by atoms with Crippen LogP contribution in [-0.2, 0) is 22.7 Å². The fraction of sp³-hybridized carbons (Fsp3) is 0.312. The average Bonchev–Trinajstić information content (AvgIpc) is 2.98. The molecule has 5 rings (SSSR count). The third-order valence-corrected chi connectivity index (χ3v) is 8.44. The third-order valence-electron chi connectivity index (χ3n) is 7.46. The SMILES string of the molecule is Cc1ccc(NC(=O)CSc2nc3ccccc3c(=O)n2CC2CCC(C(=O)NCc3ccccc3)CC2)cc1. The van der Waals surface area contributed by atoms with Crippen molar-refractivity contribution in [2.75, 3.05) is 11.1 Å². The Morgan fingerprint density at radius 2 is 1.62 bits per heavy atom. The second kappa shape index (κ2) is 13.0. The quantitative estimate of drug-likeness (QED) is 0.209. The summed E-state index contributed by atoms with van der Waals surface area (Å²) in [6, 6.07) is 24.9. The third kappa shape index (κ3) is 6.99. The number of thioether (sulfide) groups is 1. The largest absolute Gasteiger partial charge is 0.352 e. The van der Waals surface area contributed by atoms with Gasteiger partial charge >= 0.3 is 0 Å². The Kier molecular flexibility index (Phi) is 8.96. The molecule has 1 saturated carbocycles. The number of anilines is 1. The van der Waals surface area contributed by atoms with Crippen LogP contribution in [0, 0.1) is 18.8 Å². The average molecular weight is 555 g/mol. The van der Waals surface area contributed by atoms with Gasteiger partial charge in [-0.15, -0.1) is 0 Å². The molecule has 2 N–H and O–H groups in total. The molecular formula is C32H34N4O3S. The lowest BCUT2D eigenvalue weighted by Crippen LogP contribution is -2.34. The van der Waals surface area contributed by atoms with E-state index < -0.39 is 0 Å². The Balaban J connectivity index is 1.23. The van der Waals surface area contributed by atoms with E-state index in [4.69, 9.17) is 4.98 Å². The molecule has 4 aromatic rings. The predicted octanol–water partition coefficient (Wildman–Crippen LogP) is 5.56. The van der Waals surface area contributed by atoms with Gasteiger partial charge in [0.2, 0.25) is 11.8 Å². The molecule has 1 heterocycles. The molecule has 3 aromatic carbocycles. The Morgan fingerprint density at radius 1 is 0.925 bits per heavy atom. The van der Waals surface area contributed by atoms with Gasteiger partial charge in [0.25, 0.3) is 5.56 Å². The minimum atomic E-state index is -0.148. The number of nitrogens with one attached hydrogen (secondary N) is 2. The number of fused-ring (bicyclic) bond motifs is 1. The zero-order valence-corrected chi connectivity index (χ0v) is 23.5. The van der Waals surface area contributed by atoms with Crippen molar-refractivity contribution in [1.82, 2.24) is 14.9 Å². The number of rotatable bonds is 9. The molecule has 2 amide bonds. The summed E-state index contributed by atoms with van der Waals surface area (Å²) in [6.45, 7) is 3.06. The lowest BCUT2D eigenvalue weighted by molar-refractivity contribution is -0.126. The molecule has 0 unspecified atom stereocenters. The lowest BCUT2D eigenvalue weighted by atomic mass is 9.81. The van der Waals surface area contributed by atoms with E-state index >= 15 is 0 Å². The first-order valence-electron chi connectivity index (χ1n) is 13.8. The van der Waals surface area contributed by atoms with E-state index in [1.54, 1.807) is 10.6 Å². The second-order valence-corrected chi connectivity index (χ2v) is 11.4. The maximum Gasteiger partial charge on any atom is 0.262 e. The normalized spacial score (nSPS) is 16.9. The number of carbonyl (C=O) groups is 2. The van der Waals surface area contributed by atoms with Gasteiger partial charge in [0.05, 0.1) is 16.7 Å². The predicted molar refractivity (Wildman–Crippen MR) is 160 cm³/mol. The molecule has 0 radical (unpaired) electrons. The smallest absolute Gasteiger partial charge is 0.262 e. The van der Waals surface area contributed by atoms with Gasteiger partial charge in [-0.25, -0.2) is 4.98 Å². The summed E-state index contributed by atoms with van der Waals surface area (Å²) in [5.41, 5.74) is 3.49. The van der Waals surface area contributed by atoms with Gasteiger partial charge in [0, 0.05) is 24.7 Å². The van der Waals surface area contributed by atoms with Crippen molar-refractivity contribution in [3.63, 3.8) is 0 Å². The topological polar surface area (TPSA) is 93.1 Å². The van der Waals surface area contributed by atoms with Gasteiger partial charge in [-0.3, -0.25) is 19.0 Å². The van der Waals surface area contributed by atoms with Crippen LogP contribution in [0.1, 0.15) is 36.8 Å². The van der Waals surface area contributed by atoms with E-state index in [1.165, 1.54) is 11.8 Å². The number of hydrogen-bond acceptors (Lipinski definition) is 5. The first kappa shape index (κ1) is 27.6. The number of carbonyl (C=O) groups excluding carboxylic acids is 2. The van der Waals surface area contributed by atoms with Crippen LogP contribution in [0.3, 0.4) is 0 Å². The van der Waals surface area contributed by atoms with Crippen LogP contribution in [0.4, 0.5) is 5.69 Å². The van der Waals surface area contributed by atoms with E-state index in [0.29, 0.717) is 29.1 Å². The lowest BCUT2D eigenvalue weighted by Gasteiger charge is -2.28. The van der Waals surface area contributed by atoms with Crippen molar-refractivity contribution in [2.45, 2.75) is 50.9 Å². The van der Waals surface area contributed by atoms with Gasteiger partial charge in [-0.05, 0) is 68.4 Å². The van der Waals surface area contributed by atoms with Crippen LogP contribution in [0.25, 0.3) is 10.9 Å². The molecule has 1 aromatic heterocycles. The highest BCUT2D eigenvalue weighted by Crippen LogP contribution is 2.31. The Morgan fingerprint density at radius 3 is 2.38 bits per heavy atom. The number of amides is 2. The zero-order chi connectivity index (χ0) is 27.9. The Hall–Kier alpha value is -3.91. The summed E-state index contributed by atoms with van der Waals surface area (Å²) in [6.07, 6.45) is 3.31. The zero-order valence-electron chi connectivity index (χ0n) is 22.6. The second-order valence-electron chi connectivity index (χ2n) is 10.5. The van der Waals surface area contributed by atoms with Crippen molar-refractivity contribution < 1.29 is 9.59 Å². The van der Waals surface area contributed by atoms with Crippen LogP contribution in [0.2, 0.25) is 0 Å². The molecule has 0 bridgehead atoms. The number of aryl methyl sites for hydroxylation is 1. The Bertz CT molecular complexity index is 1530. The maximum absolute atomic E-state index is 13.5. The summed E-state index contributed by atoms with van der Waals surface area (Å²) in [5, 5.41) is 7.11. The maximum atomic E-state index is 13.5. The van der Waals surface area contributed by atoms with E-state index in [2.05, 4.69) is 10.6 Å². The van der Waals surface area contributed by atoms with Crippen molar-refractivity contribution in [3.8, 4) is 0 Å². The molecule has 1 aliphatic carbocycles. The first-order chi connectivity index (χ1) is 19.5. The molecule has 8 heteroatoms. The number of hydrogen-bond donors (Lipinski definition) is 2. The molecule has 0 spiro atoms. The van der Waals surface area contributed by atoms with Gasteiger partial charge in [-0.2, -0.15) is 0 Å². The highest BCUT2D eigenvalue weighted by molar-refractivity contribution is 7.99. The monoisotopic (exact) mass is 554 g/mol. The summed E-state index contributed by atoms with van der Waals surface area (Å²) in [7, 11) is 0. The number of para-hydroxylation sites is 1. The van der Waals surface area contributed by atoms with Gasteiger partial charge in [0.15, 0.2) is 5.16 Å². The minimum absolute atomic E-state index is 0.00859. The first-order valence-corrected chi connectivity index (χ1v) is 14.8. The molecular weight excluding hydrogens is 520 g/mol. The summed E-state index contributed by atoms with van der Waals surface area (Å²) in [4.78, 5) is 43.7. The standard InChI is InChI=1S/C32H34N4O3S/c1-22-11-17-26(18-12-22)34-29(37)21-40-32-35-28-10-6-5-9-27(28)31(39)36(32)20-24-13-15-25(16-14-24)30(38)33-19-23-7-3-2-4-8-23/h2-12,17-18,24-25H,13-16,19-21H2,1H3,(H,33,38)(H,34,37). The highest BCUT2D eigenvalue weighted by Gasteiger charge is 2.27. The van der Waals surface area contributed by atoms with Gasteiger partial charge < -0.3 is 10.6 Å². The molecule has 40 heavy (non-hydrogen) atoms. The van der Waals surface area contributed by atoms with Gasteiger partial charge in [0.1, 0.15) is 0 Å². The van der Waals surface area contributed by atoms with Crippen molar-refractivity contribution in [2.24, 2.45) is 11.8 Å². The molecule has 1 fully saturated rings. The molecule has 0 saturated heterocycles. The van der Waals surface area contributed by atoms with Crippen molar-refractivity contribution in [3.05, 3.63) is 100 Å². The Labute approximate surface area is 238 Å². The summed E-state index contributed by atoms with van der Waals surface area (Å²) >= 11 is 1.28. The van der Waals surface area contributed by atoms with E-state index in [0.717, 1.165) is 42.5 Å². The molecule has 0 atom stereocenters. The number of aromatic nitrogens is 2. The van der Waals surface area contributed by atoms with Gasteiger partial charge in [-0.1, -0.05) is 71.9 Å². The highest BCUT2D eigenvalue weighted by atomic mass is 32.2. The van der Waals surface area contributed by atoms with Crippen LogP contribution in [0.15, 0.2) is 88.8 Å². The molecule has 206 valence electrons. The van der Waals surface area contributed by atoms with Crippen LogP contribution >= 0.6 is 11.8 Å². The number of nitrogens with zero attached hydrogens (tertiary/aromatic N) is 2. The van der Waals surface area contributed by atoms with Crippen molar-refractivity contribution in [1.29, 1.82) is 0 Å². The summed E-state index contributed by atoms with van der Waals surface area (Å²) < 4.78 is 1.73. The van der Waals surface area contributed by atoms with Crippen LogP contribution < -0.4 is 16.2 Å². The molecule has 1 aliphatic rings. The molecule has 0 aliphatic heterocycles. The summed E-state index contributed by atoms with van der Waals surface area (Å²) in [5.74, 6) is 0.352.